The van der Waals surface area contributed by atoms with Gasteiger partial charge < -0.3 is 9.67 Å². The molecular formula is C33H25IrN2O2-. The molecule has 0 atom stereocenters. The molecule has 0 aliphatic heterocycles. The Morgan fingerprint density at radius 1 is 0.842 bits per heavy atom. The molecule has 2 aromatic heterocycles. The largest absolute Gasteiger partial charge is 0.512 e. The maximum atomic E-state index is 10.0. The SMILES string of the molecule is CC(=O)C=C(C)O.Cn1c2c[c-]c(-c3cc4c5c(cccc5n3)-c3ccccc3-4)cc2c2ccccc21.[Ir]. The molecular weight excluding hydrogens is 649 g/mol. The van der Waals surface area contributed by atoms with Gasteiger partial charge in [0.05, 0.1) is 11.3 Å². The molecule has 4 aromatic carbocycles. The second kappa shape index (κ2) is 10.0. The Bertz CT molecular complexity index is 1900. The fourth-order valence-electron chi connectivity index (χ4n) is 5.36. The number of pyridine rings is 1. The molecule has 5 heteroatoms. The Balaban J connectivity index is 0.000000329. The van der Waals surface area contributed by atoms with E-state index in [1.54, 1.807) is 0 Å². The molecule has 0 spiro atoms. The van der Waals surface area contributed by atoms with Gasteiger partial charge in [-0.25, -0.2) is 0 Å². The van der Waals surface area contributed by atoms with Gasteiger partial charge >= 0.3 is 0 Å². The molecule has 0 unspecified atom stereocenters. The molecule has 38 heavy (non-hydrogen) atoms. The number of aromatic nitrogens is 2. The van der Waals surface area contributed by atoms with Crippen molar-refractivity contribution in [1.82, 2.24) is 9.55 Å². The number of aliphatic hydroxyl groups excluding tert-OH is 1. The number of hydrogen-bond acceptors (Lipinski definition) is 3. The number of fused-ring (bicyclic) bond motifs is 6. The zero-order chi connectivity index (χ0) is 25.7. The second-order valence-electron chi connectivity index (χ2n) is 9.42. The number of hydrogen-bond donors (Lipinski definition) is 1. The average molecular weight is 674 g/mol. The zero-order valence-corrected chi connectivity index (χ0v) is 23.6. The Labute approximate surface area is 234 Å². The summed E-state index contributed by atoms with van der Waals surface area (Å²) in [5.41, 5.74) is 10.6. The van der Waals surface area contributed by atoms with Crippen LogP contribution in [0.3, 0.4) is 0 Å². The number of allylic oxidation sites excluding steroid dienone is 2. The van der Waals surface area contributed by atoms with Crippen molar-refractivity contribution < 1.29 is 30.0 Å². The van der Waals surface area contributed by atoms with E-state index >= 15 is 0 Å². The molecule has 189 valence electrons. The van der Waals surface area contributed by atoms with Crippen LogP contribution in [-0.4, -0.2) is 20.4 Å². The van der Waals surface area contributed by atoms with Crippen molar-refractivity contribution in [3.05, 3.63) is 103 Å². The molecule has 0 fully saturated rings. The molecule has 7 rings (SSSR count). The molecule has 0 saturated heterocycles. The van der Waals surface area contributed by atoms with Gasteiger partial charge in [0.2, 0.25) is 0 Å². The van der Waals surface area contributed by atoms with Gasteiger partial charge in [-0.2, -0.15) is 0 Å². The van der Waals surface area contributed by atoms with Gasteiger partial charge in [-0.15, -0.1) is 23.8 Å². The van der Waals surface area contributed by atoms with E-state index in [9.17, 15) is 4.79 Å². The third-order valence-corrected chi connectivity index (χ3v) is 6.88. The molecule has 2 heterocycles. The maximum Gasteiger partial charge on any atom is 0.155 e. The smallest absolute Gasteiger partial charge is 0.155 e. The summed E-state index contributed by atoms with van der Waals surface area (Å²) in [6, 6.07) is 33.7. The predicted molar refractivity (Wildman–Crippen MR) is 151 cm³/mol. The van der Waals surface area contributed by atoms with E-state index in [2.05, 4.69) is 103 Å². The standard InChI is InChI=1S/C28H17N2.C5H8O2.Ir/c1-30-26-12-5-4-9-20(26)22-15-17(13-14-27(22)30)25-16-23-19-8-3-2-7-18(19)21-10-6-11-24(29-25)28(21)23;1-4(6)3-5(2)7;/h2-12,14-16H,1H3;3,6H,1-2H3;/q-1;;. The number of rotatable bonds is 2. The van der Waals surface area contributed by atoms with Gasteiger partial charge in [0.15, 0.2) is 5.78 Å². The van der Waals surface area contributed by atoms with Gasteiger partial charge in [-0.3, -0.25) is 9.78 Å². The van der Waals surface area contributed by atoms with Crippen molar-refractivity contribution in [2.75, 3.05) is 0 Å². The van der Waals surface area contributed by atoms with E-state index in [1.807, 2.05) is 0 Å². The molecule has 4 nitrogen and oxygen atoms in total. The van der Waals surface area contributed by atoms with E-state index in [0.29, 0.717) is 0 Å². The van der Waals surface area contributed by atoms with Crippen LogP contribution in [0.1, 0.15) is 13.8 Å². The van der Waals surface area contributed by atoms with Crippen LogP contribution < -0.4 is 0 Å². The summed E-state index contributed by atoms with van der Waals surface area (Å²) in [6.07, 6.45) is 1.17. The maximum absolute atomic E-state index is 10.0. The normalized spacial score (nSPS) is 11.7. The van der Waals surface area contributed by atoms with Crippen LogP contribution in [0.5, 0.6) is 0 Å². The van der Waals surface area contributed by atoms with E-state index in [-0.39, 0.29) is 31.6 Å². The first-order chi connectivity index (χ1) is 17.9. The molecule has 6 aromatic rings. The second-order valence-corrected chi connectivity index (χ2v) is 9.42. The van der Waals surface area contributed by atoms with Gasteiger partial charge in [-0.1, -0.05) is 66.0 Å². The zero-order valence-electron chi connectivity index (χ0n) is 21.2. The minimum absolute atomic E-state index is 0. The average Bonchev–Trinajstić information content (AvgIpc) is 3.37. The topological polar surface area (TPSA) is 55.1 Å². The first kappa shape index (κ1) is 25.6. The molecule has 0 bridgehead atoms. The monoisotopic (exact) mass is 674 g/mol. The summed E-state index contributed by atoms with van der Waals surface area (Å²) < 4.78 is 2.24. The number of carbonyl (C=O) groups is 1. The van der Waals surface area contributed by atoms with Crippen LogP contribution in [0, 0.1) is 6.07 Å². The first-order valence-electron chi connectivity index (χ1n) is 12.2. The van der Waals surface area contributed by atoms with E-state index in [4.69, 9.17) is 10.1 Å². The van der Waals surface area contributed by atoms with Crippen molar-refractivity contribution >= 4 is 38.5 Å². The van der Waals surface area contributed by atoms with Crippen LogP contribution in [0.25, 0.3) is 66.2 Å². The minimum Gasteiger partial charge on any atom is -0.512 e. The van der Waals surface area contributed by atoms with Gasteiger partial charge in [0.25, 0.3) is 0 Å². The summed E-state index contributed by atoms with van der Waals surface area (Å²) in [5.74, 6) is -0.0625. The van der Waals surface area contributed by atoms with E-state index in [0.717, 1.165) is 16.8 Å². The molecule has 1 aliphatic rings. The summed E-state index contributed by atoms with van der Waals surface area (Å²) in [4.78, 5) is 15.1. The van der Waals surface area contributed by atoms with Crippen LogP contribution in [0.2, 0.25) is 0 Å². The molecule has 1 radical (unpaired) electrons. The number of nitrogens with zero attached hydrogens (tertiary/aromatic N) is 2. The number of carbonyl (C=O) groups excluding carboxylic acids is 1. The fourth-order valence-corrected chi connectivity index (χ4v) is 5.36. The van der Waals surface area contributed by atoms with Crippen molar-refractivity contribution in [2.45, 2.75) is 13.8 Å². The molecule has 0 saturated carbocycles. The molecule has 1 N–H and O–H groups in total. The molecule has 1 aliphatic carbocycles. The van der Waals surface area contributed by atoms with Crippen molar-refractivity contribution in [3.8, 4) is 33.5 Å². The Morgan fingerprint density at radius 2 is 1.53 bits per heavy atom. The predicted octanol–water partition coefficient (Wildman–Crippen LogP) is 8.03. The Morgan fingerprint density at radius 3 is 2.24 bits per heavy atom. The Kier molecular flexibility index (Phi) is 6.75. The number of aliphatic hydroxyl groups is 1. The van der Waals surface area contributed by atoms with Gasteiger partial charge in [-0.05, 0) is 64.8 Å². The van der Waals surface area contributed by atoms with Crippen LogP contribution in [0.4, 0.5) is 0 Å². The first-order valence-corrected chi connectivity index (χ1v) is 12.2. The summed E-state index contributed by atoms with van der Waals surface area (Å²) in [7, 11) is 2.12. The van der Waals surface area contributed by atoms with Crippen LogP contribution in [0.15, 0.2) is 96.8 Å². The summed E-state index contributed by atoms with van der Waals surface area (Å²) >= 11 is 0. The number of aryl methyl sites for hydroxylation is 1. The summed E-state index contributed by atoms with van der Waals surface area (Å²) in [5, 5.41) is 12.1. The molecule has 0 amide bonds. The van der Waals surface area contributed by atoms with E-state index < -0.39 is 0 Å². The van der Waals surface area contributed by atoms with Crippen molar-refractivity contribution in [1.29, 1.82) is 0 Å². The van der Waals surface area contributed by atoms with E-state index in [1.165, 1.54) is 69.4 Å². The van der Waals surface area contributed by atoms with Crippen molar-refractivity contribution in [3.63, 3.8) is 0 Å². The van der Waals surface area contributed by atoms with Crippen LogP contribution >= 0.6 is 0 Å². The quantitative estimate of drug-likeness (QED) is 0.115. The van der Waals surface area contributed by atoms with Gasteiger partial charge in [0, 0.05) is 44.1 Å². The number of para-hydroxylation sites is 1. The third kappa shape index (κ3) is 4.24. The fraction of sp³-hybridized carbons (Fsp3) is 0.0909. The number of ketones is 1. The third-order valence-electron chi connectivity index (χ3n) is 6.88. The van der Waals surface area contributed by atoms with Gasteiger partial charge in [0.1, 0.15) is 0 Å². The summed E-state index contributed by atoms with van der Waals surface area (Å²) in [6.45, 7) is 2.85. The minimum atomic E-state index is -0.125. The number of benzene rings is 4. The van der Waals surface area contributed by atoms with Crippen LogP contribution in [-0.2, 0) is 31.9 Å². The Hall–Kier alpha value is -4.05. The van der Waals surface area contributed by atoms with Crippen molar-refractivity contribution in [2.24, 2.45) is 7.05 Å².